The molecule has 0 fully saturated rings. The van der Waals surface area contributed by atoms with E-state index >= 15 is 0 Å². The number of benzene rings is 1. The number of pyridine rings is 1. The fraction of sp³-hybridized carbons (Fsp3) is 0.333. The molecule has 0 atom stereocenters. The van der Waals surface area contributed by atoms with Crippen LogP contribution in [0.5, 0.6) is 11.5 Å². The summed E-state index contributed by atoms with van der Waals surface area (Å²) < 4.78 is 11.6. The van der Waals surface area contributed by atoms with Crippen molar-refractivity contribution in [1.82, 2.24) is 4.98 Å². The number of nitrogen functional groups attached to an aromatic ring is 1. The van der Waals surface area contributed by atoms with Crippen molar-refractivity contribution >= 4 is 12.0 Å². The average molecular weight is 314 g/mol. The quantitative estimate of drug-likeness (QED) is 0.593. The highest BCUT2D eigenvalue weighted by Crippen LogP contribution is 2.39. The number of unbranched alkanes of at least 4 members (excludes halogenated alkanes) is 1. The Morgan fingerprint density at radius 2 is 2.04 bits per heavy atom. The van der Waals surface area contributed by atoms with Gasteiger partial charge in [0.1, 0.15) is 6.29 Å². The first-order chi connectivity index (χ1) is 11.2. The molecule has 1 heterocycles. The van der Waals surface area contributed by atoms with Crippen molar-refractivity contribution in [2.45, 2.75) is 26.7 Å². The van der Waals surface area contributed by atoms with E-state index < -0.39 is 0 Å². The summed E-state index contributed by atoms with van der Waals surface area (Å²) >= 11 is 0. The maximum absolute atomic E-state index is 11.2. The number of aromatic nitrogens is 1. The fourth-order valence-corrected chi connectivity index (χ4v) is 2.18. The third-order valence-corrected chi connectivity index (χ3v) is 3.32. The lowest BCUT2D eigenvalue weighted by atomic mass is 10.1. The monoisotopic (exact) mass is 314 g/mol. The Labute approximate surface area is 136 Å². The number of rotatable bonds is 8. The predicted octanol–water partition coefficient (Wildman–Crippen LogP) is 3.72. The number of hydrogen-bond acceptors (Lipinski definition) is 5. The first-order valence-corrected chi connectivity index (χ1v) is 7.80. The summed E-state index contributed by atoms with van der Waals surface area (Å²) in [5, 5.41) is 0. The molecule has 2 rings (SSSR count). The van der Waals surface area contributed by atoms with Crippen LogP contribution in [0.2, 0.25) is 0 Å². The van der Waals surface area contributed by atoms with Crippen molar-refractivity contribution in [3.63, 3.8) is 0 Å². The number of ether oxygens (including phenoxy) is 2. The summed E-state index contributed by atoms with van der Waals surface area (Å²) in [6.45, 7) is 5.06. The topological polar surface area (TPSA) is 74.4 Å². The van der Waals surface area contributed by atoms with Crippen LogP contribution in [0.4, 0.5) is 5.69 Å². The van der Waals surface area contributed by atoms with Gasteiger partial charge in [0.15, 0.2) is 11.5 Å². The van der Waals surface area contributed by atoms with Gasteiger partial charge in [-0.1, -0.05) is 13.3 Å². The van der Waals surface area contributed by atoms with E-state index in [2.05, 4.69) is 11.9 Å². The molecule has 0 bridgehead atoms. The van der Waals surface area contributed by atoms with Gasteiger partial charge in [0.2, 0.25) is 0 Å². The molecule has 0 saturated carbocycles. The number of nitrogens with two attached hydrogens (primary N) is 1. The molecule has 122 valence electrons. The summed E-state index contributed by atoms with van der Waals surface area (Å²) in [5.74, 6) is 1.17. The number of nitrogens with zero attached hydrogens (tertiary/aromatic N) is 1. The fourth-order valence-electron chi connectivity index (χ4n) is 2.18. The normalized spacial score (nSPS) is 10.3. The maximum Gasteiger partial charge on any atom is 0.170 e. The van der Waals surface area contributed by atoms with Crippen LogP contribution in [0.15, 0.2) is 30.5 Å². The summed E-state index contributed by atoms with van der Waals surface area (Å²) in [7, 11) is 0. The molecule has 0 aliphatic carbocycles. The summed E-state index contributed by atoms with van der Waals surface area (Å²) in [4.78, 5) is 15.6. The van der Waals surface area contributed by atoms with Gasteiger partial charge in [-0.05, 0) is 37.6 Å². The second kappa shape index (κ2) is 8.17. The molecule has 0 unspecified atom stereocenters. The van der Waals surface area contributed by atoms with Crippen molar-refractivity contribution in [1.29, 1.82) is 0 Å². The molecule has 0 amide bonds. The van der Waals surface area contributed by atoms with Crippen LogP contribution < -0.4 is 15.2 Å². The zero-order valence-corrected chi connectivity index (χ0v) is 13.5. The van der Waals surface area contributed by atoms with Crippen LogP contribution in [0, 0.1) is 0 Å². The molecule has 2 aromatic rings. The van der Waals surface area contributed by atoms with Gasteiger partial charge in [-0.15, -0.1) is 0 Å². The Morgan fingerprint density at radius 1 is 1.22 bits per heavy atom. The largest absolute Gasteiger partial charge is 0.490 e. The molecule has 0 aliphatic rings. The molecule has 2 N–H and O–H groups in total. The van der Waals surface area contributed by atoms with E-state index in [9.17, 15) is 4.79 Å². The molecule has 0 radical (unpaired) electrons. The zero-order valence-electron chi connectivity index (χ0n) is 13.5. The predicted molar refractivity (Wildman–Crippen MR) is 91.0 cm³/mol. The van der Waals surface area contributed by atoms with Gasteiger partial charge in [-0.25, -0.2) is 0 Å². The van der Waals surface area contributed by atoms with Crippen LogP contribution >= 0.6 is 0 Å². The van der Waals surface area contributed by atoms with Gasteiger partial charge >= 0.3 is 0 Å². The zero-order chi connectivity index (χ0) is 16.7. The standard InChI is InChI=1S/C18H22N2O3/c1-3-5-8-23-18-15(16-7-6-14(19)11-20-16)9-13(12-21)10-17(18)22-4-2/h6-7,9-12H,3-5,8,19H2,1-2H3. The number of aldehydes is 1. The molecule has 0 aliphatic heterocycles. The van der Waals surface area contributed by atoms with E-state index in [1.165, 1.54) is 0 Å². The Morgan fingerprint density at radius 3 is 2.65 bits per heavy atom. The van der Waals surface area contributed by atoms with Crippen LogP contribution in [-0.4, -0.2) is 24.5 Å². The van der Waals surface area contributed by atoms with Gasteiger partial charge in [0.25, 0.3) is 0 Å². The third kappa shape index (κ3) is 4.22. The second-order valence-electron chi connectivity index (χ2n) is 5.13. The van der Waals surface area contributed by atoms with Crippen LogP contribution in [0.25, 0.3) is 11.3 Å². The first kappa shape index (κ1) is 16.8. The molecule has 23 heavy (non-hydrogen) atoms. The van der Waals surface area contributed by atoms with E-state index in [1.54, 1.807) is 24.4 Å². The molecule has 5 heteroatoms. The second-order valence-corrected chi connectivity index (χ2v) is 5.13. The first-order valence-electron chi connectivity index (χ1n) is 7.80. The minimum absolute atomic E-state index is 0.487. The smallest absolute Gasteiger partial charge is 0.170 e. The molecule has 0 saturated heterocycles. The Bertz CT molecular complexity index is 654. The van der Waals surface area contributed by atoms with Crippen molar-refractivity contribution in [3.8, 4) is 22.8 Å². The van der Waals surface area contributed by atoms with Crippen molar-refractivity contribution in [3.05, 3.63) is 36.0 Å². The van der Waals surface area contributed by atoms with Gasteiger partial charge < -0.3 is 15.2 Å². The molecular formula is C18H22N2O3. The van der Waals surface area contributed by atoms with Gasteiger partial charge in [-0.3, -0.25) is 9.78 Å². The van der Waals surface area contributed by atoms with Crippen molar-refractivity contribution < 1.29 is 14.3 Å². The highest BCUT2D eigenvalue weighted by molar-refractivity contribution is 5.83. The van der Waals surface area contributed by atoms with Gasteiger partial charge in [0.05, 0.1) is 30.8 Å². The molecule has 1 aromatic carbocycles. The number of carbonyl (C=O) groups is 1. The lowest BCUT2D eigenvalue weighted by molar-refractivity contribution is 0.112. The molecule has 1 aromatic heterocycles. The number of hydrogen-bond donors (Lipinski definition) is 1. The average Bonchev–Trinajstić information content (AvgIpc) is 2.57. The van der Waals surface area contributed by atoms with E-state index in [0.717, 1.165) is 24.7 Å². The lowest BCUT2D eigenvalue weighted by Gasteiger charge is -2.16. The highest BCUT2D eigenvalue weighted by atomic mass is 16.5. The van der Waals surface area contributed by atoms with Crippen molar-refractivity contribution in [2.75, 3.05) is 18.9 Å². The van der Waals surface area contributed by atoms with Crippen LogP contribution in [0.1, 0.15) is 37.0 Å². The molecular weight excluding hydrogens is 292 g/mol. The third-order valence-electron chi connectivity index (χ3n) is 3.32. The van der Waals surface area contributed by atoms with Gasteiger partial charge in [0, 0.05) is 11.1 Å². The summed E-state index contributed by atoms with van der Waals surface area (Å²) in [6, 6.07) is 7.03. The number of carbonyl (C=O) groups excluding carboxylic acids is 1. The van der Waals surface area contributed by atoms with Crippen molar-refractivity contribution in [2.24, 2.45) is 0 Å². The van der Waals surface area contributed by atoms with E-state index in [0.29, 0.717) is 41.7 Å². The van der Waals surface area contributed by atoms with Crippen LogP contribution in [0.3, 0.4) is 0 Å². The SMILES string of the molecule is CCCCOc1c(OCC)cc(C=O)cc1-c1ccc(N)cn1. The Hall–Kier alpha value is -2.56. The molecule has 0 spiro atoms. The summed E-state index contributed by atoms with van der Waals surface area (Å²) in [5.41, 5.74) is 8.22. The number of anilines is 1. The lowest BCUT2D eigenvalue weighted by Crippen LogP contribution is -2.04. The minimum Gasteiger partial charge on any atom is -0.490 e. The van der Waals surface area contributed by atoms with Crippen LogP contribution in [-0.2, 0) is 0 Å². The van der Waals surface area contributed by atoms with E-state index in [-0.39, 0.29) is 0 Å². The van der Waals surface area contributed by atoms with E-state index in [4.69, 9.17) is 15.2 Å². The molecule has 5 nitrogen and oxygen atoms in total. The Kier molecular flexibility index (Phi) is 5.97. The highest BCUT2D eigenvalue weighted by Gasteiger charge is 2.16. The van der Waals surface area contributed by atoms with E-state index in [1.807, 2.05) is 13.0 Å². The summed E-state index contributed by atoms with van der Waals surface area (Å²) in [6.07, 6.45) is 4.35. The maximum atomic E-state index is 11.2. The Balaban J connectivity index is 2.52. The van der Waals surface area contributed by atoms with Gasteiger partial charge in [-0.2, -0.15) is 0 Å². The minimum atomic E-state index is 0.487.